The molecule has 1 saturated carbocycles. The van der Waals surface area contributed by atoms with Gasteiger partial charge in [-0.05, 0) is 38.1 Å². The van der Waals surface area contributed by atoms with Crippen molar-refractivity contribution in [3.05, 3.63) is 0 Å². The van der Waals surface area contributed by atoms with Gasteiger partial charge in [0.05, 0.1) is 13.7 Å². The molecule has 2 N–H and O–H groups in total. The van der Waals surface area contributed by atoms with Crippen molar-refractivity contribution in [2.24, 2.45) is 5.92 Å². The zero-order valence-electron chi connectivity index (χ0n) is 11.5. The van der Waals surface area contributed by atoms with Crippen molar-refractivity contribution in [3.8, 4) is 0 Å². The van der Waals surface area contributed by atoms with E-state index < -0.39 is 6.09 Å². The number of methoxy groups -OCH3 is 1. The summed E-state index contributed by atoms with van der Waals surface area (Å²) in [4.78, 5) is 24.9. The van der Waals surface area contributed by atoms with E-state index in [2.05, 4.69) is 20.3 Å². The molecule has 2 amide bonds. The summed E-state index contributed by atoms with van der Waals surface area (Å²) < 4.78 is 4.43. The first-order valence-electron chi connectivity index (χ1n) is 7.01. The second-order valence-corrected chi connectivity index (χ2v) is 5.47. The number of carbonyl (C=O) groups is 2. The Bertz CT molecular complexity index is 325. The molecule has 0 spiro atoms. The minimum absolute atomic E-state index is 0.268. The number of carbonyl (C=O) groups excluding carboxylic acids is 2. The Kier molecular flexibility index (Phi) is 5.15. The highest BCUT2D eigenvalue weighted by Gasteiger charge is 2.27. The van der Waals surface area contributed by atoms with Gasteiger partial charge in [0.25, 0.3) is 0 Å². The highest BCUT2D eigenvalue weighted by atomic mass is 16.5. The van der Waals surface area contributed by atoms with Gasteiger partial charge in [-0.3, -0.25) is 15.0 Å². The largest absolute Gasteiger partial charge is 0.453 e. The van der Waals surface area contributed by atoms with Gasteiger partial charge in [-0.2, -0.15) is 0 Å². The van der Waals surface area contributed by atoms with E-state index in [0.29, 0.717) is 6.04 Å². The molecule has 0 radical (unpaired) electrons. The molecule has 1 aliphatic carbocycles. The molecule has 108 valence electrons. The molecule has 1 unspecified atom stereocenters. The SMILES string of the molecule is COC(=O)NC(=O)CN(CC1CC1)CC1CCCN1. The van der Waals surface area contributed by atoms with Crippen LogP contribution in [0, 0.1) is 5.92 Å². The van der Waals surface area contributed by atoms with Crippen LogP contribution in [-0.4, -0.2) is 56.2 Å². The van der Waals surface area contributed by atoms with Crippen molar-refractivity contribution in [1.29, 1.82) is 0 Å². The number of imide groups is 1. The molecule has 2 fully saturated rings. The minimum Gasteiger partial charge on any atom is -0.453 e. The van der Waals surface area contributed by atoms with E-state index in [1.165, 1.54) is 32.8 Å². The van der Waals surface area contributed by atoms with Gasteiger partial charge in [-0.1, -0.05) is 0 Å². The lowest BCUT2D eigenvalue weighted by atomic mass is 10.2. The van der Waals surface area contributed by atoms with Crippen LogP contribution in [0.25, 0.3) is 0 Å². The maximum atomic E-state index is 11.7. The summed E-state index contributed by atoms with van der Waals surface area (Å²) >= 11 is 0. The molecule has 6 heteroatoms. The van der Waals surface area contributed by atoms with Gasteiger partial charge in [0.15, 0.2) is 0 Å². The van der Waals surface area contributed by atoms with Crippen molar-refractivity contribution in [2.75, 3.05) is 33.3 Å². The van der Waals surface area contributed by atoms with Gasteiger partial charge in [0.2, 0.25) is 5.91 Å². The van der Waals surface area contributed by atoms with Crippen LogP contribution in [0.15, 0.2) is 0 Å². The maximum absolute atomic E-state index is 11.7. The lowest BCUT2D eigenvalue weighted by molar-refractivity contribution is -0.121. The van der Waals surface area contributed by atoms with Crippen LogP contribution in [-0.2, 0) is 9.53 Å². The summed E-state index contributed by atoms with van der Waals surface area (Å²) in [5.41, 5.74) is 0. The third-order valence-electron chi connectivity index (χ3n) is 3.65. The van der Waals surface area contributed by atoms with E-state index in [-0.39, 0.29) is 12.5 Å². The Morgan fingerprint density at radius 3 is 2.68 bits per heavy atom. The molecule has 19 heavy (non-hydrogen) atoms. The first-order chi connectivity index (χ1) is 9.17. The molecular formula is C13H23N3O3. The van der Waals surface area contributed by atoms with Gasteiger partial charge >= 0.3 is 6.09 Å². The van der Waals surface area contributed by atoms with Crippen molar-refractivity contribution in [2.45, 2.75) is 31.7 Å². The van der Waals surface area contributed by atoms with Gasteiger partial charge in [-0.25, -0.2) is 4.79 Å². The van der Waals surface area contributed by atoms with Crippen LogP contribution >= 0.6 is 0 Å². The third-order valence-corrected chi connectivity index (χ3v) is 3.65. The number of amides is 2. The standard InChI is InChI=1S/C13H23N3O3/c1-19-13(18)15-12(17)9-16(7-10-4-5-10)8-11-3-2-6-14-11/h10-11,14H,2-9H2,1H3,(H,15,17,18). The fourth-order valence-electron chi connectivity index (χ4n) is 2.50. The van der Waals surface area contributed by atoms with Crippen LogP contribution in [0.4, 0.5) is 4.79 Å². The summed E-state index contributed by atoms with van der Waals surface area (Å²) in [6.07, 6.45) is 4.20. The third kappa shape index (κ3) is 5.16. The number of ether oxygens (including phenoxy) is 1. The number of hydrogen-bond acceptors (Lipinski definition) is 5. The fourth-order valence-corrected chi connectivity index (χ4v) is 2.50. The summed E-state index contributed by atoms with van der Waals surface area (Å²) in [5.74, 6) is 0.442. The van der Waals surface area contributed by atoms with E-state index in [4.69, 9.17) is 0 Å². The average molecular weight is 269 g/mol. The predicted octanol–water partition coefficient (Wildman–Crippen LogP) is 0.333. The first-order valence-corrected chi connectivity index (χ1v) is 7.01. The predicted molar refractivity (Wildman–Crippen MR) is 70.7 cm³/mol. The Balaban J connectivity index is 1.78. The summed E-state index contributed by atoms with van der Waals surface area (Å²) in [6.45, 7) is 3.16. The zero-order chi connectivity index (χ0) is 13.7. The highest BCUT2D eigenvalue weighted by Crippen LogP contribution is 2.29. The lowest BCUT2D eigenvalue weighted by Gasteiger charge is -2.24. The number of rotatable bonds is 6. The van der Waals surface area contributed by atoms with E-state index in [9.17, 15) is 9.59 Å². The topological polar surface area (TPSA) is 70.7 Å². The molecular weight excluding hydrogens is 246 g/mol. The molecule has 2 aliphatic rings. The number of alkyl carbamates (subject to hydrolysis) is 1. The Morgan fingerprint density at radius 1 is 1.32 bits per heavy atom. The quantitative estimate of drug-likeness (QED) is 0.727. The summed E-state index contributed by atoms with van der Waals surface area (Å²) in [7, 11) is 1.26. The summed E-state index contributed by atoms with van der Waals surface area (Å²) in [5, 5.41) is 5.66. The van der Waals surface area contributed by atoms with Crippen molar-refractivity contribution in [3.63, 3.8) is 0 Å². The number of hydrogen-bond donors (Lipinski definition) is 2. The zero-order valence-corrected chi connectivity index (χ0v) is 11.5. The van der Waals surface area contributed by atoms with Crippen LogP contribution in [0.1, 0.15) is 25.7 Å². The van der Waals surface area contributed by atoms with Crippen molar-refractivity contribution >= 4 is 12.0 Å². The molecule has 0 bridgehead atoms. The van der Waals surface area contributed by atoms with E-state index in [0.717, 1.165) is 25.6 Å². The monoisotopic (exact) mass is 269 g/mol. The molecule has 6 nitrogen and oxygen atoms in total. The second-order valence-electron chi connectivity index (χ2n) is 5.47. The normalized spacial score (nSPS) is 22.5. The molecule has 1 aliphatic heterocycles. The molecule has 1 heterocycles. The van der Waals surface area contributed by atoms with Crippen LogP contribution < -0.4 is 10.6 Å². The highest BCUT2D eigenvalue weighted by molar-refractivity contribution is 5.92. The Hall–Kier alpha value is -1.14. The van der Waals surface area contributed by atoms with Gasteiger partial charge < -0.3 is 10.1 Å². The van der Waals surface area contributed by atoms with E-state index in [1.54, 1.807) is 0 Å². The molecule has 0 aromatic heterocycles. The molecule has 1 saturated heterocycles. The van der Waals surface area contributed by atoms with E-state index in [1.807, 2.05) is 0 Å². The van der Waals surface area contributed by atoms with Gasteiger partial charge in [0, 0.05) is 19.1 Å². The van der Waals surface area contributed by atoms with E-state index >= 15 is 0 Å². The fraction of sp³-hybridized carbons (Fsp3) is 0.846. The van der Waals surface area contributed by atoms with Gasteiger partial charge in [-0.15, -0.1) is 0 Å². The lowest BCUT2D eigenvalue weighted by Crippen LogP contribution is -2.45. The number of nitrogens with zero attached hydrogens (tertiary/aromatic N) is 1. The van der Waals surface area contributed by atoms with Crippen LogP contribution in [0.5, 0.6) is 0 Å². The Labute approximate surface area is 113 Å². The van der Waals surface area contributed by atoms with Crippen molar-refractivity contribution in [1.82, 2.24) is 15.5 Å². The maximum Gasteiger partial charge on any atom is 0.413 e. The minimum atomic E-state index is -0.685. The molecule has 0 aromatic rings. The summed E-state index contributed by atoms with van der Waals surface area (Å²) in [6, 6.07) is 0.477. The molecule has 1 atom stereocenters. The Morgan fingerprint density at radius 2 is 2.11 bits per heavy atom. The van der Waals surface area contributed by atoms with Crippen molar-refractivity contribution < 1.29 is 14.3 Å². The van der Waals surface area contributed by atoms with Crippen LogP contribution in [0.2, 0.25) is 0 Å². The van der Waals surface area contributed by atoms with Gasteiger partial charge in [0.1, 0.15) is 0 Å². The average Bonchev–Trinajstić information content (AvgIpc) is 3.03. The first kappa shape index (κ1) is 14.3. The second kappa shape index (κ2) is 6.86. The number of nitrogens with one attached hydrogen (secondary N) is 2. The molecule has 2 rings (SSSR count). The van der Waals surface area contributed by atoms with Crippen LogP contribution in [0.3, 0.4) is 0 Å². The smallest absolute Gasteiger partial charge is 0.413 e. The molecule has 0 aromatic carbocycles.